The van der Waals surface area contributed by atoms with Crippen molar-refractivity contribution < 1.29 is 14.3 Å². The largest absolute Gasteiger partial charge is 0.494 e. The van der Waals surface area contributed by atoms with Crippen LogP contribution in [0.25, 0.3) is 0 Å². The predicted octanol–water partition coefficient (Wildman–Crippen LogP) is 4.79. The van der Waals surface area contributed by atoms with Crippen LogP contribution in [-0.2, 0) is 4.79 Å². The fraction of sp³-hybridized carbons (Fsp3) is 0.417. The number of rotatable bonds is 12. The lowest BCUT2D eigenvalue weighted by atomic mass is 10.1. The molecule has 0 aliphatic carbocycles. The van der Waals surface area contributed by atoms with E-state index in [0.29, 0.717) is 17.9 Å². The van der Waals surface area contributed by atoms with Crippen LogP contribution in [0.4, 0.5) is 11.4 Å². The summed E-state index contributed by atoms with van der Waals surface area (Å²) in [5.41, 5.74) is 2.04. The molecule has 2 aromatic carbocycles. The van der Waals surface area contributed by atoms with Crippen molar-refractivity contribution in [3.05, 3.63) is 54.1 Å². The van der Waals surface area contributed by atoms with Gasteiger partial charge in [-0.25, -0.2) is 0 Å². The summed E-state index contributed by atoms with van der Waals surface area (Å²) in [6, 6.07) is 14.6. The van der Waals surface area contributed by atoms with Gasteiger partial charge in [0.2, 0.25) is 5.91 Å². The quantitative estimate of drug-likeness (QED) is 0.527. The molecule has 0 aliphatic heterocycles. The number of nitrogens with one attached hydrogen (secondary N) is 2. The van der Waals surface area contributed by atoms with E-state index in [1.54, 1.807) is 24.3 Å². The molecule has 0 radical (unpaired) electrons. The average Bonchev–Trinajstić information content (AvgIpc) is 2.76. The zero-order valence-corrected chi connectivity index (χ0v) is 18.2. The molecular formula is C24H33N3O3. The molecule has 0 fully saturated rings. The zero-order chi connectivity index (χ0) is 21.8. The molecule has 6 nitrogen and oxygen atoms in total. The van der Waals surface area contributed by atoms with Crippen molar-refractivity contribution in [2.45, 2.75) is 40.0 Å². The minimum absolute atomic E-state index is 0.00157. The van der Waals surface area contributed by atoms with Crippen LogP contribution < -0.4 is 15.4 Å². The van der Waals surface area contributed by atoms with Crippen LogP contribution in [0, 0.1) is 0 Å². The topological polar surface area (TPSA) is 70.7 Å². The Morgan fingerprint density at radius 1 is 0.900 bits per heavy atom. The van der Waals surface area contributed by atoms with Gasteiger partial charge in [-0.2, -0.15) is 0 Å². The van der Waals surface area contributed by atoms with E-state index in [1.807, 2.05) is 29.2 Å². The fourth-order valence-electron chi connectivity index (χ4n) is 3.04. The number of carbonyl (C=O) groups excluding carboxylic acids is 2. The molecule has 30 heavy (non-hydrogen) atoms. The molecule has 0 bridgehead atoms. The lowest BCUT2D eigenvalue weighted by Gasteiger charge is -2.21. The summed E-state index contributed by atoms with van der Waals surface area (Å²) in [6.45, 7) is 8.46. The van der Waals surface area contributed by atoms with E-state index in [0.717, 1.165) is 43.8 Å². The van der Waals surface area contributed by atoms with E-state index < -0.39 is 0 Å². The molecule has 6 heteroatoms. The third-order valence-corrected chi connectivity index (χ3v) is 4.45. The number of nitrogens with zero attached hydrogens (tertiary/aromatic N) is 1. The SMILES string of the molecule is CCCOc1ccc(NCC(=O)Nc2cccc(C(=O)N(CCC)CCC)c2)cc1. The number of ether oxygens (including phenoxy) is 1. The maximum absolute atomic E-state index is 12.8. The van der Waals surface area contributed by atoms with Crippen molar-refractivity contribution in [1.29, 1.82) is 0 Å². The molecule has 2 aromatic rings. The Hall–Kier alpha value is -3.02. The monoisotopic (exact) mass is 411 g/mol. The number of hydrogen-bond acceptors (Lipinski definition) is 4. The van der Waals surface area contributed by atoms with Gasteiger partial charge in [-0.15, -0.1) is 0 Å². The summed E-state index contributed by atoms with van der Waals surface area (Å²) in [5, 5.41) is 5.95. The fourth-order valence-corrected chi connectivity index (χ4v) is 3.04. The van der Waals surface area contributed by atoms with Gasteiger partial charge in [0.05, 0.1) is 13.2 Å². The van der Waals surface area contributed by atoms with Gasteiger partial charge in [0.25, 0.3) is 5.91 Å². The molecule has 0 aromatic heterocycles. The first kappa shape index (κ1) is 23.3. The standard InChI is InChI=1S/C24H33N3O3/c1-4-14-27(15-5-2)24(29)19-8-7-9-21(17-19)26-23(28)18-25-20-10-12-22(13-11-20)30-16-6-3/h7-13,17,25H,4-6,14-16,18H2,1-3H3,(H,26,28). The normalized spacial score (nSPS) is 10.4. The molecule has 0 saturated heterocycles. The molecule has 2 rings (SSSR count). The highest BCUT2D eigenvalue weighted by molar-refractivity contribution is 5.98. The smallest absolute Gasteiger partial charge is 0.253 e. The van der Waals surface area contributed by atoms with Crippen LogP contribution in [-0.4, -0.2) is 43.0 Å². The third kappa shape index (κ3) is 7.43. The first-order valence-electron chi connectivity index (χ1n) is 10.7. The van der Waals surface area contributed by atoms with E-state index in [1.165, 1.54) is 0 Å². The van der Waals surface area contributed by atoms with Crippen LogP contribution in [0.5, 0.6) is 5.75 Å². The first-order chi connectivity index (χ1) is 14.6. The predicted molar refractivity (Wildman–Crippen MR) is 122 cm³/mol. The van der Waals surface area contributed by atoms with Crippen molar-refractivity contribution in [3.8, 4) is 5.75 Å². The van der Waals surface area contributed by atoms with Gasteiger partial charge < -0.3 is 20.3 Å². The van der Waals surface area contributed by atoms with Gasteiger partial charge >= 0.3 is 0 Å². The maximum Gasteiger partial charge on any atom is 0.253 e. The lowest BCUT2D eigenvalue weighted by Crippen LogP contribution is -2.32. The molecule has 0 spiro atoms. The molecule has 0 heterocycles. The Labute approximate surface area is 179 Å². The minimum Gasteiger partial charge on any atom is -0.494 e. The molecule has 2 amide bonds. The summed E-state index contributed by atoms with van der Waals surface area (Å²) in [5.74, 6) is 0.636. The third-order valence-electron chi connectivity index (χ3n) is 4.45. The van der Waals surface area contributed by atoms with E-state index in [2.05, 4.69) is 31.4 Å². The van der Waals surface area contributed by atoms with E-state index >= 15 is 0 Å². The summed E-state index contributed by atoms with van der Waals surface area (Å²) >= 11 is 0. The zero-order valence-electron chi connectivity index (χ0n) is 18.2. The summed E-state index contributed by atoms with van der Waals surface area (Å²) in [6.07, 6.45) is 2.79. The van der Waals surface area contributed by atoms with Crippen molar-refractivity contribution in [2.24, 2.45) is 0 Å². The van der Waals surface area contributed by atoms with E-state index in [4.69, 9.17) is 4.74 Å². The van der Waals surface area contributed by atoms with Gasteiger partial charge in [0, 0.05) is 30.0 Å². The van der Waals surface area contributed by atoms with Crippen molar-refractivity contribution in [1.82, 2.24) is 4.90 Å². The number of carbonyl (C=O) groups is 2. The summed E-state index contributed by atoms with van der Waals surface area (Å²) in [7, 11) is 0. The lowest BCUT2D eigenvalue weighted by molar-refractivity contribution is -0.114. The molecular weight excluding hydrogens is 378 g/mol. The highest BCUT2D eigenvalue weighted by atomic mass is 16.5. The second-order valence-corrected chi connectivity index (χ2v) is 7.15. The Morgan fingerprint density at radius 2 is 1.60 bits per heavy atom. The second kappa shape index (κ2) is 12.5. The van der Waals surface area contributed by atoms with Crippen LogP contribution in [0.3, 0.4) is 0 Å². The molecule has 0 aliphatic rings. The van der Waals surface area contributed by atoms with Gasteiger partial charge in [-0.05, 0) is 61.7 Å². The summed E-state index contributed by atoms with van der Waals surface area (Å²) in [4.78, 5) is 26.9. The van der Waals surface area contributed by atoms with E-state index in [9.17, 15) is 9.59 Å². The Kier molecular flexibility index (Phi) is 9.71. The number of hydrogen-bond donors (Lipinski definition) is 2. The Balaban J connectivity index is 1.90. The summed E-state index contributed by atoms with van der Waals surface area (Å²) < 4.78 is 5.55. The molecule has 0 saturated carbocycles. The molecule has 2 N–H and O–H groups in total. The number of amides is 2. The minimum atomic E-state index is -0.176. The van der Waals surface area contributed by atoms with Gasteiger partial charge in [-0.3, -0.25) is 9.59 Å². The molecule has 0 atom stereocenters. The second-order valence-electron chi connectivity index (χ2n) is 7.15. The Bertz CT molecular complexity index is 800. The Morgan fingerprint density at radius 3 is 2.23 bits per heavy atom. The van der Waals surface area contributed by atoms with Gasteiger partial charge in [0.1, 0.15) is 5.75 Å². The van der Waals surface area contributed by atoms with Gasteiger partial charge in [0.15, 0.2) is 0 Å². The highest BCUT2D eigenvalue weighted by Crippen LogP contribution is 2.16. The van der Waals surface area contributed by atoms with Crippen LogP contribution >= 0.6 is 0 Å². The molecule has 162 valence electrons. The van der Waals surface area contributed by atoms with E-state index in [-0.39, 0.29) is 18.4 Å². The van der Waals surface area contributed by atoms with Crippen molar-refractivity contribution in [2.75, 3.05) is 36.9 Å². The van der Waals surface area contributed by atoms with Crippen molar-refractivity contribution in [3.63, 3.8) is 0 Å². The number of benzene rings is 2. The van der Waals surface area contributed by atoms with Gasteiger partial charge in [-0.1, -0.05) is 26.8 Å². The van der Waals surface area contributed by atoms with Crippen LogP contribution in [0.1, 0.15) is 50.4 Å². The first-order valence-corrected chi connectivity index (χ1v) is 10.7. The van der Waals surface area contributed by atoms with Crippen molar-refractivity contribution >= 4 is 23.2 Å². The van der Waals surface area contributed by atoms with Crippen LogP contribution in [0.2, 0.25) is 0 Å². The maximum atomic E-state index is 12.8. The molecule has 0 unspecified atom stereocenters. The average molecular weight is 412 g/mol. The highest BCUT2D eigenvalue weighted by Gasteiger charge is 2.15. The van der Waals surface area contributed by atoms with Crippen LogP contribution in [0.15, 0.2) is 48.5 Å². The number of anilines is 2.